The molecule has 0 amide bonds. The van der Waals surface area contributed by atoms with Crippen LogP contribution in [0.3, 0.4) is 0 Å². The molecule has 1 fully saturated rings. The van der Waals surface area contributed by atoms with Gasteiger partial charge in [-0.2, -0.15) is 0 Å². The summed E-state index contributed by atoms with van der Waals surface area (Å²) in [5.74, 6) is 0.919. The molecule has 1 aliphatic rings. The molecule has 1 atom stereocenters. The summed E-state index contributed by atoms with van der Waals surface area (Å²) in [6.07, 6.45) is 5.42. The van der Waals surface area contributed by atoms with Crippen molar-refractivity contribution >= 4 is 0 Å². The smallest absolute Gasteiger partial charge is 0.0371 e. The van der Waals surface area contributed by atoms with E-state index in [2.05, 4.69) is 63.3 Å². The third kappa shape index (κ3) is 4.07. The van der Waals surface area contributed by atoms with E-state index in [-0.39, 0.29) is 5.41 Å². The van der Waals surface area contributed by atoms with E-state index in [4.69, 9.17) is 0 Å². The molecule has 1 nitrogen and oxygen atoms in total. The molecular formula is C18H29N. The van der Waals surface area contributed by atoms with Gasteiger partial charge < -0.3 is 5.32 Å². The van der Waals surface area contributed by atoms with Crippen molar-refractivity contribution in [3.05, 3.63) is 35.9 Å². The molecule has 0 aromatic heterocycles. The molecule has 0 saturated heterocycles. The van der Waals surface area contributed by atoms with Gasteiger partial charge in [0.2, 0.25) is 0 Å². The maximum atomic E-state index is 3.93. The first-order chi connectivity index (χ1) is 8.97. The van der Waals surface area contributed by atoms with Gasteiger partial charge in [-0.1, -0.05) is 58.0 Å². The van der Waals surface area contributed by atoms with E-state index >= 15 is 0 Å². The third-order valence-corrected chi connectivity index (χ3v) is 4.42. The highest BCUT2D eigenvalue weighted by Crippen LogP contribution is 2.35. The van der Waals surface area contributed by atoms with Crippen molar-refractivity contribution in [3.63, 3.8) is 0 Å². The fourth-order valence-corrected chi connectivity index (χ4v) is 3.15. The second-order valence-electron chi connectivity index (χ2n) is 7.33. The number of hydrogen-bond donors (Lipinski definition) is 1. The van der Waals surface area contributed by atoms with Crippen LogP contribution in [0.15, 0.2) is 30.3 Å². The summed E-state index contributed by atoms with van der Waals surface area (Å²) in [4.78, 5) is 0. The summed E-state index contributed by atoms with van der Waals surface area (Å²) in [6, 6.07) is 12.1. The van der Waals surface area contributed by atoms with Gasteiger partial charge >= 0.3 is 0 Å². The van der Waals surface area contributed by atoms with Gasteiger partial charge in [0, 0.05) is 12.1 Å². The lowest BCUT2D eigenvalue weighted by molar-refractivity contribution is 0.211. The summed E-state index contributed by atoms with van der Waals surface area (Å²) in [5, 5.41) is 3.93. The summed E-state index contributed by atoms with van der Waals surface area (Å²) in [5.41, 5.74) is 1.68. The van der Waals surface area contributed by atoms with Gasteiger partial charge in [-0.05, 0) is 42.6 Å². The van der Waals surface area contributed by atoms with Crippen LogP contribution in [-0.2, 0) is 0 Å². The zero-order chi connectivity index (χ0) is 13.9. The number of hydrogen-bond acceptors (Lipinski definition) is 1. The number of nitrogens with one attached hydrogen (secondary N) is 1. The van der Waals surface area contributed by atoms with Crippen LogP contribution in [0.25, 0.3) is 0 Å². The fraction of sp³-hybridized carbons (Fsp3) is 0.667. The van der Waals surface area contributed by atoms with Gasteiger partial charge in [-0.25, -0.2) is 0 Å². The summed E-state index contributed by atoms with van der Waals surface area (Å²) < 4.78 is 0. The van der Waals surface area contributed by atoms with Crippen LogP contribution in [0.1, 0.15) is 65.0 Å². The van der Waals surface area contributed by atoms with Crippen molar-refractivity contribution in [2.75, 3.05) is 0 Å². The van der Waals surface area contributed by atoms with Crippen molar-refractivity contribution < 1.29 is 0 Å². The Morgan fingerprint density at radius 3 is 2.11 bits per heavy atom. The molecule has 0 radical (unpaired) electrons. The molecule has 0 bridgehead atoms. The van der Waals surface area contributed by atoms with Gasteiger partial charge in [0.05, 0.1) is 0 Å². The molecule has 106 valence electrons. The number of benzene rings is 1. The van der Waals surface area contributed by atoms with E-state index in [0.29, 0.717) is 12.1 Å². The molecule has 1 saturated carbocycles. The van der Waals surface area contributed by atoms with Crippen molar-refractivity contribution in [3.8, 4) is 0 Å². The zero-order valence-electron chi connectivity index (χ0n) is 12.9. The Labute approximate surface area is 118 Å². The predicted octanol–water partition coefficient (Wildman–Crippen LogP) is 4.94. The van der Waals surface area contributed by atoms with Crippen LogP contribution in [0.4, 0.5) is 0 Å². The quantitative estimate of drug-likeness (QED) is 0.810. The minimum Gasteiger partial charge on any atom is -0.307 e. The Morgan fingerprint density at radius 1 is 1.00 bits per heavy atom. The second kappa shape index (κ2) is 6.09. The molecule has 19 heavy (non-hydrogen) atoms. The van der Waals surface area contributed by atoms with Gasteiger partial charge in [-0.15, -0.1) is 0 Å². The van der Waals surface area contributed by atoms with Crippen LogP contribution >= 0.6 is 0 Å². The normalized spacial score (nSPS) is 26.1. The van der Waals surface area contributed by atoms with Gasteiger partial charge in [0.15, 0.2) is 0 Å². The van der Waals surface area contributed by atoms with E-state index < -0.39 is 0 Å². The molecule has 1 N–H and O–H groups in total. The molecule has 1 heteroatoms. The largest absolute Gasteiger partial charge is 0.307 e. The number of rotatable bonds is 3. The van der Waals surface area contributed by atoms with Crippen LogP contribution in [0.5, 0.6) is 0 Å². The van der Waals surface area contributed by atoms with Gasteiger partial charge in [0.1, 0.15) is 0 Å². The van der Waals surface area contributed by atoms with Crippen LogP contribution < -0.4 is 5.32 Å². The monoisotopic (exact) mass is 259 g/mol. The Kier molecular flexibility index (Phi) is 4.67. The summed E-state index contributed by atoms with van der Waals surface area (Å²) in [7, 11) is 0. The maximum absolute atomic E-state index is 3.93. The topological polar surface area (TPSA) is 12.0 Å². The molecule has 1 aromatic rings. The first-order valence-corrected chi connectivity index (χ1v) is 7.78. The molecule has 1 unspecified atom stereocenters. The van der Waals surface area contributed by atoms with E-state index in [1.54, 1.807) is 0 Å². The molecule has 1 aromatic carbocycles. The highest BCUT2D eigenvalue weighted by molar-refractivity contribution is 5.21. The second-order valence-corrected chi connectivity index (χ2v) is 7.33. The fourth-order valence-electron chi connectivity index (χ4n) is 3.15. The average Bonchev–Trinajstić information content (AvgIpc) is 2.37. The van der Waals surface area contributed by atoms with Crippen molar-refractivity contribution in [1.82, 2.24) is 5.32 Å². The van der Waals surface area contributed by atoms with E-state index in [9.17, 15) is 0 Å². The highest BCUT2D eigenvalue weighted by atomic mass is 15.0. The SMILES string of the molecule is CC1CCC(NC(c2ccccc2)C(C)(C)C)CC1. The van der Waals surface area contributed by atoms with Crippen LogP contribution in [0.2, 0.25) is 0 Å². The first kappa shape index (κ1) is 14.6. The standard InChI is InChI=1S/C18H29N/c1-14-10-12-16(13-11-14)19-17(18(2,3)4)15-8-6-5-7-9-15/h5-9,14,16-17,19H,10-13H2,1-4H3. The van der Waals surface area contributed by atoms with Crippen molar-refractivity contribution in [1.29, 1.82) is 0 Å². The van der Waals surface area contributed by atoms with Crippen LogP contribution in [-0.4, -0.2) is 6.04 Å². The average molecular weight is 259 g/mol. The maximum Gasteiger partial charge on any atom is 0.0371 e. The lowest BCUT2D eigenvalue weighted by Gasteiger charge is -2.37. The minimum absolute atomic E-state index is 0.254. The van der Waals surface area contributed by atoms with Crippen LogP contribution in [0, 0.1) is 11.3 Å². The van der Waals surface area contributed by atoms with E-state index in [1.807, 2.05) is 0 Å². The lowest BCUT2D eigenvalue weighted by atomic mass is 9.80. The van der Waals surface area contributed by atoms with E-state index in [0.717, 1.165) is 5.92 Å². The van der Waals surface area contributed by atoms with Gasteiger partial charge in [-0.3, -0.25) is 0 Å². The predicted molar refractivity (Wildman–Crippen MR) is 83.2 cm³/mol. The Hall–Kier alpha value is -0.820. The minimum atomic E-state index is 0.254. The van der Waals surface area contributed by atoms with E-state index in [1.165, 1.54) is 31.2 Å². The third-order valence-electron chi connectivity index (χ3n) is 4.42. The highest BCUT2D eigenvalue weighted by Gasteiger charge is 2.29. The zero-order valence-corrected chi connectivity index (χ0v) is 12.9. The first-order valence-electron chi connectivity index (χ1n) is 7.78. The summed E-state index contributed by atoms with van der Waals surface area (Å²) in [6.45, 7) is 9.39. The molecule has 0 spiro atoms. The Bertz CT molecular complexity index is 368. The molecular weight excluding hydrogens is 230 g/mol. The molecule has 1 aliphatic carbocycles. The molecule has 2 rings (SSSR count). The molecule has 0 aliphatic heterocycles. The Balaban J connectivity index is 2.07. The Morgan fingerprint density at radius 2 is 1.58 bits per heavy atom. The summed E-state index contributed by atoms with van der Waals surface area (Å²) >= 11 is 0. The lowest BCUT2D eigenvalue weighted by Crippen LogP contribution is -2.41. The van der Waals surface area contributed by atoms with Crippen molar-refractivity contribution in [2.45, 2.75) is 65.5 Å². The van der Waals surface area contributed by atoms with Gasteiger partial charge in [0.25, 0.3) is 0 Å². The molecule has 0 heterocycles. The van der Waals surface area contributed by atoms with Crippen molar-refractivity contribution in [2.24, 2.45) is 11.3 Å².